The maximum Gasteiger partial charge on any atom is 0.243 e. The van der Waals surface area contributed by atoms with Gasteiger partial charge in [-0.1, -0.05) is 26.2 Å². The zero-order valence-electron chi connectivity index (χ0n) is 12.0. The molecule has 114 valence electrons. The summed E-state index contributed by atoms with van der Waals surface area (Å²) in [4.78, 5) is 0.224. The average molecular weight is 300 g/mol. The second-order valence-corrected chi connectivity index (χ2v) is 7.28. The van der Waals surface area contributed by atoms with Crippen LogP contribution in [0.5, 0.6) is 0 Å². The van der Waals surface area contributed by atoms with E-state index in [4.69, 9.17) is 5.73 Å². The highest BCUT2D eigenvalue weighted by molar-refractivity contribution is 7.89. The molecule has 1 aromatic heterocycles. The van der Waals surface area contributed by atoms with E-state index in [9.17, 15) is 8.42 Å². The summed E-state index contributed by atoms with van der Waals surface area (Å²) in [5, 5.41) is 4.02. The minimum absolute atomic E-state index is 0.0281. The molecule has 0 radical (unpaired) electrons. The van der Waals surface area contributed by atoms with Gasteiger partial charge in [0.1, 0.15) is 4.90 Å². The molecule has 1 aliphatic carbocycles. The third-order valence-electron chi connectivity index (χ3n) is 3.95. The molecule has 2 atom stereocenters. The molecule has 0 bridgehead atoms. The van der Waals surface area contributed by atoms with Crippen LogP contribution in [-0.4, -0.2) is 30.8 Å². The number of sulfonamides is 1. The molecule has 1 heterocycles. The van der Waals surface area contributed by atoms with Crippen LogP contribution in [0.4, 0.5) is 0 Å². The lowest BCUT2D eigenvalue weighted by Crippen LogP contribution is -2.38. The highest BCUT2D eigenvalue weighted by Gasteiger charge is 2.26. The van der Waals surface area contributed by atoms with Gasteiger partial charge in [0.05, 0.1) is 12.7 Å². The predicted octanol–water partition coefficient (Wildman–Crippen LogP) is 1.09. The van der Waals surface area contributed by atoms with Crippen molar-refractivity contribution in [3.63, 3.8) is 0 Å². The molecule has 20 heavy (non-hydrogen) atoms. The van der Waals surface area contributed by atoms with Crippen molar-refractivity contribution >= 4 is 10.0 Å². The fraction of sp³-hybridized carbons (Fsp3) is 0.769. The molecule has 0 aliphatic heterocycles. The Hall–Kier alpha value is -0.920. The van der Waals surface area contributed by atoms with E-state index < -0.39 is 10.0 Å². The summed E-state index contributed by atoms with van der Waals surface area (Å²) in [5.74, 6) is 0.381. The summed E-state index contributed by atoms with van der Waals surface area (Å²) >= 11 is 0. The summed E-state index contributed by atoms with van der Waals surface area (Å²) in [6.07, 6.45) is 8.39. The Kier molecular flexibility index (Phi) is 5.17. The number of rotatable bonds is 5. The van der Waals surface area contributed by atoms with Crippen LogP contribution in [0.1, 0.15) is 39.0 Å². The van der Waals surface area contributed by atoms with Crippen LogP contribution in [0.3, 0.4) is 0 Å². The highest BCUT2D eigenvalue weighted by Crippen LogP contribution is 2.24. The second-order valence-electron chi connectivity index (χ2n) is 5.57. The summed E-state index contributed by atoms with van der Waals surface area (Å²) in [5.41, 5.74) is 5.44. The summed E-state index contributed by atoms with van der Waals surface area (Å²) in [7, 11) is -3.48. The van der Waals surface area contributed by atoms with Gasteiger partial charge in [0.2, 0.25) is 10.0 Å². The Morgan fingerprint density at radius 1 is 1.40 bits per heavy atom. The maximum absolute atomic E-state index is 12.4. The van der Waals surface area contributed by atoms with Crippen molar-refractivity contribution in [2.24, 2.45) is 11.7 Å². The Bertz CT molecular complexity index is 526. The van der Waals surface area contributed by atoms with Crippen molar-refractivity contribution in [1.29, 1.82) is 0 Å². The number of nitrogens with two attached hydrogens (primary N) is 1. The van der Waals surface area contributed by atoms with Gasteiger partial charge < -0.3 is 5.73 Å². The number of aromatic nitrogens is 2. The van der Waals surface area contributed by atoms with E-state index in [1.54, 1.807) is 4.68 Å². The standard InChI is InChI=1S/C13H24N4O2S/c1-11-5-3-2-4-6-13(11)16-20(18,19)12-9-15-17(10-12)8-7-14/h9-11,13,16H,2-8,14H2,1H3. The van der Waals surface area contributed by atoms with Gasteiger partial charge in [0.15, 0.2) is 0 Å². The Morgan fingerprint density at radius 2 is 2.15 bits per heavy atom. The lowest BCUT2D eigenvalue weighted by Gasteiger charge is -2.22. The SMILES string of the molecule is CC1CCCCCC1NS(=O)(=O)c1cnn(CCN)c1. The molecule has 3 N–H and O–H groups in total. The minimum Gasteiger partial charge on any atom is -0.329 e. The Labute approximate surface area is 120 Å². The quantitative estimate of drug-likeness (QED) is 0.796. The topological polar surface area (TPSA) is 90.0 Å². The minimum atomic E-state index is -3.48. The van der Waals surface area contributed by atoms with Gasteiger partial charge in [-0.2, -0.15) is 5.10 Å². The first-order valence-electron chi connectivity index (χ1n) is 7.28. The van der Waals surface area contributed by atoms with Crippen LogP contribution in [0.2, 0.25) is 0 Å². The lowest BCUT2D eigenvalue weighted by molar-refractivity contribution is 0.399. The molecule has 0 amide bonds. The maximum atomic E-state index is 12.4. The van der Waals surface area contributed by atoms with Crippen LogP contribution in [-0.2, 0) is 16.6 Å². The lowest BCUT2D eigenvalue weighted by atomic mass is 9.98. The third-order valence-corrected chi connectivity index (χ3v) is 5.39. The van der Waals surface area contributed by atoms with Gasteiger partial charge in [-0.15, -0.1) is 0 Å². The van der Waals surface area contributed by atoms with Crippen LogP contribution >= 0.6 is 0 Å². The Morgan fingerprint density at radius 3 is 2.90 bits per heavy atom. The molecule has 7 heteroatoms. The van der Waals surface area contributed by atoms with E-state index in [0.717, 1.165) is 19.3 Å². The fourth-order valence-electron chi connectivity index (χ4n) is 2.67. The molecule has 1 aliphatic rings. The summed E-state index contributed by atoms with van der Waals surface area (Å²) < 4.78 is 29.2. The number of hydrogen-bond donors (Lipinski definition) is 2. The molecule has 0 aromatic carbocycles. The Balaban J connectivity index is 2.08. The van der Waals surface area contributed by atoms with Crippen LogP contribution in [0, 0.1) is 5.92 Å². The van der Waals surface area contributed by atoms with E-state index in [2.05, 4.69) is 16.7 Å². The van der Waals surface area contributed by atoms with E-state index in [-0.39, 0.29) is 10.9 Å². The van der Waals surface area contributed by atoms with Gasteiger partial charge in [-0.25, -0.2) is 13.1 Å². The summed E-state index contributed by atoms with van der Waals surface area (Å²) in [6, 6.07) is 0.0281. The molecule has 1 fully saturated rings. The van der Waals surface area contributed by atoms with E-state index in [1.807, 2.05) is 0 Å². The van der Waals surface area contributed by atoms with Crippen LogP contribution in [0.15, 0.2) is 17.3 Å². The van der Waals surface area contributed by atoms with Gasteiger partial charge in [-0.3, -0.25) is 4.68 Å². The van der Waals surface area contributed by atoms with Crippen molar-refractivity contribution < 1.29 is 8.42 Å². The van der Waals surface area contributed by atoms with Crippen LogP contribution in [0.25, 0.3) is 0 Å². The van der Waals surface area contributed by atoms with E-state index >= 15 is 0 Å². The number of nitrogens with zero attached hydrogens (tertiary/aromatic N) is 2. The van der Waals surface area contributed by atoms with Crippen molar-refractivity contribution in [3.05, 3.63) is 12.4 Å². The van der Waals surface area contributed by atoms with Crippen molar-refractivity contribution in [2.45, 2.75) is 56.5 Å². The molecule has 0 spiro atoms. The third kappa shape index (κ3) is 3.80. The fourth-order valence-corrected chi connectivity index (χ4v) is 4.00. The number of hydrogen-bond acceptors (Lipinski definition) is 4. The first-order chi connectivity index (χ1) is 9.53. The van der Waals surface area contributed by atoms with Gasteiger partial charge >= 0.3 is 0 Å². The van der Waals surface area contributed by atoms with Crippen molar-refractivity contribution in [1.82, 2.24) is 14.5 Å². The highest BCUT2D eigenvalue weighted by atomic mass is 32.2. The van der Waals surface area contributed by atoms with E-state index in [0.29, 0.717) is 19.0 Å². The smallest absolute Gasteiger partial charge is 0.243 e. The first kappa shape index (κ1) is 15.5. The van der Waals surface area contributed by atoms with Crippen molar-refractivity contribution in [3.8, 4) is 0 Å². The molecular weight excluding hydrogens is 276 g/mol. The van der Waals surface area contributed by atoms with Crippen molar-refractivity contribution in [2.75, 3.05) is 6.54 Å². The second kappa shape index (κ2) is 6.69. The molecule has 6 nitrogen and oxygen atoms in total. The average Bonchev–Trinajstić information content (AvgIpc) is 2.78. The largest absolute Gasteiger partial charge is 0.329 e. The molecule has 1 saturated carbocycles. The monoisotopic (exact) mass is 300 g/mol. The van der Waals surface area contributed by atoms with Gasteiger partial charge in [0, 0.05) is 18.8 Å². The first-order valence-corrected chi connectivity index (χ1v) is 8.76. The van der Waals surface area contributed by atoms with Gasteiger partial charge in [-0.05, 0) is 18.8 Å². The zero-order valence-corrected chi connectivity index (χ0v) is 12.8. The van der Waals surface area contributed by atoms with Crippen LogP contribution < -0.4 is 10.5 Å². The zero-order chi connectivity index (χ0) is 14.6. The molecule has 1 aromatic rings. The number of nitrogens with one attached hydrogen (secondary N) is 1. The summed E-state index contributed by atoms with van der Waals surface area (Å²) in [6.45, 7) is 3.08. The molecule has 0 saturated heterocycles. The van der Waals surface area contributed by atoms with E-state index in [1.165, 1.54) is 25.2 Å². The predicted molar refractivity (Wildman–Crippen MR) is 77.6 cm³/mol. The molecule has 2 rings (SSSR count). The normalized spacial score (nSPS) is 24.5. The van der Waals surface area contributed by atoms with Gasteiger partial charge in [0.25, 0.3) is 0 Å². The molecular formula is C13H24N4O2S. The molecule has 2 unspecified atom stereocenters.